The number of hydrogen-bond donors (Lipinski definition) is 1. The molecular formula is C12H16F3NO. The number of alkyl halides is 3. The third-order valence-electron chi connectivity index (χ3n) is 2.40. The van der Waals surface area contributed by atoms with Crippen LogP contribution in [0.4, 0.5) is 13.2 Å². The van der Waals surface area contributed by atoms with E-state index in [1.807, 2.05) is 6.92 Å². The van der Waals surface area contributed by atoms with Gasteiger partial charge in [-0.05, 0) is 24.1 Å². The molecule has 0 heterocycles. The van der Waals surface area contributed by atoms with Crippen molar-refractivity contribution < 1.29 is 17.9 Å². The van der Waals surface area contributed by atoms with E-state index in [9.17, 15) is 13.2 Å². The second-order valence-electron chi connectivity index (χ2n) is 3.80. The van der Waals surface area contributed by atoms with Gasteiger partial charge < -0.3 is 10.5 Å². The molecule has 0 aliphatic carbocycles. The lowest BCUT2D eigenvalue weighted by molar-refractivity contribution is -0.139. The van der Waals surface area contributed by atoms with Gasteiger partial charge in [-0.1, -0.05) is 19.1 Å². The van der Waals surface area contributed by atoms with Crippen LogP contribution < -0.4 is 10.5 Å². The fourth-order valence-electron chi connectivity index (χ4n) is 1.33. The number of nitrogens with two attached hydrogens (primary N) is 1. The van der Waals surface area contributed by atoms with Gasteiger partial charge in [0.1, 0.15) is 5.75 Å². The summed E-state index contributed by atoms with van der Waals surface area (Å²) in [6.45, 7) is 1.61. The van der Waals surface area contributed by atoms with E-state index in [2.05, 4.69) is 0 Å². The minimum atomic E-state index is -4.18. The third-order valence-corrected chi connectivity index (χ3v) is 2.40. The van der Waals surface area contributed by atoms with Crippen LogP contribution in [0.5, 0.6) is 5.75 Å². The molecule has 0 radical (unpaired) electrons. The Bertz CT molecular complexity index is 335. The zero-order valence-electron chi connectivity index (χ0n) is 9.63. The summed E-state index contributed by atoms with van der Waals surface area (Å²) < 4.78 is 40.6. The molecule has 17 heavy (non-hydrogen) atoms. The monoisotopic (exact) mass is 247 g/mol. The average Bonchev–Trinajstić information content (AvgIpc) is 2.27. The van der Waals surface area contributed by atoms with Gasteiger partial charge in [0, 0.05) is 6.04 Å². The minimum absolute atomic E-state index is 0.0424. The molecule has 96 valence electrons. The van der Waals surface area contributed by atoms with E-state index >= 15 is 0 Å². The highest BCUT2D eigenvalue weighted by Gasteiger charge is 2.26. The molecule has 0 fully saturated rings. The lowest BCUT2D eigenvalue weighted by atomic mass is 10.1. The van der Waals surface area contributed by atoms with E-state index in [1.54, 1.807) is 24.3 Å². The lowest BCUT2D eigenvalue weighted by Crippen LogP contribution is -2.13. The topological polar surface area (TPSA) is 35.2 Å². The van der Waals surface area contributed by atoms with Gasteiger partial charge in [-0.3, -0.25) is 0 Å². The summed E-state index contributed by atoms with van der Waals surface area (Å²) in [5.74, 6) is 0.432. The Morgan fingerprint density at radius 2 is 1.82 bits per heavy atom. The SMILES string of the molecule is CC[C@@H](N)c1ccc(OCCC(F)(F)F)cc1. The molecule has 0 amide bonds. The first-order valence-corrected chi connectivity index (χ1v) is 5.47. The standard InChI is InChI=1S/C12H16F3NO/c1-2-11(16)9-3-5-10(6-4-9)17-8-7-12(13,14)15/h3-6,11H,2,7-8,16H2,1H3/t11-/m1/s1. The summed E-state index contributed by atoms with van der Waals surface area (Å²) in [6, 6.07) is 6.79. The lowest BCUT2D eigenvalue weighted by Gasteiger charge is -2.11. The van der Waals surface area contributed by atoms with Crippen LogP contribution in [0.2, 0.25) is 0 Å². The maximum Gasteiger partial charge on any atom is 0.392 e. The molecule has 0 aromatic heterocycles. The summed E-state index contributed by atoms with van der Waals surface area (Å²) in [4.78, 5) is 0. The summed E-state index contributed by atoms with van der Waals surface area (Å²) in [5.41, 5.74) is 6.77. The van der Waals surface area contributed by atoms with Crippen molar-refractivity contribution in [2.45, 2.75) is 32.0 Å². The largest absolute Gasteiger partial charge is 0.493 e. The molecule has 0 saturated heterocycles. The van der Waals surface area contributed by atoms with Gasteiger partial charge in [0.05, 0.1) is 13.0 Å². The summed E-state index contributed by atoms with van der Waals surface area (Å²) in [6.07, 6.45) is -4.30. The Morgan fingerprint density at radius 1 is 1.24 bits per heavy atom. The highest BCUT2D eigenvalue weighted by molar-refractivity contribution is 5.28. The van der Waals surface area contributed by atoms with Gasteiger partial charge in [-0.25, -0.2) is 0 Å². The highest BCUT2D eigenvalue weighted by atomic mass is 19.4. The molecule has 1 aromatic rings. The van der Waals surface area contributed by atoms with Crippen molar-refractivity contribution in [3.63, 3.8) is 0 Å². The van der Waals surface area contributed by atoms with E-state index in [0.717, 1.165) is 12.0 Å². The van der Waals surface area contributed by atoms with Crippen molar-refractivity contribution in [2.24, 2.45) is 5.73 Å². The predicted molar refractivity (Wildman–Crippen MR) is 59.8 cm³/mol. The van der Waals surface area contributed by atoms with Crippen molar-refractivity contribution in [2.75, 3.05) is 6.61 Å². The average molecular weight is 247 g/mol. The molecular weight excluding hydrogens is 231 g/mol. The van der Waals surface area contributed by atoms with Gasteiger partial charge >= 0.3 is 6.18 Å². The van der Waals surface area contributed by atoms with Crippen LogP contribution in [0.15, 0.2) is 24.3 Å². The van der Waals surface area contributed by atoms with Crippen molar-refractivity contribution in [3.05, 3.63) is 29.8 Å². The maximum atomic E-state index is 11.9. The van der Waals surface area contributed by atoms with E-state index in [4.69, 9.17) is 10.5 Å². The van der Waals surface area contributed by atoms with Crippen LogP contribution in [-0.4, -0.2) is 12.8 Å². The van der Waals surface area contributed by atoms with Crippen LogP contribution in [0.3, 0.4) is 0 Å². The second-order valence-corrected chi connectivity index (χ2v) is 3.80. The van der Waals surface area contributed by atoms with Gasteiger partial charge in [0.2, 0.25) is 0 Å². The van der Waals surface area contributed by atoms with Crippen LogP contribution >= 0.6 is 0 Å². The van der Waals surface area contributed by atoms with Gasteiger partial charge in [0.15, 0.2) is 0 Å². The van der Waals surface area contributed by atoms with E-state index < -0.39 is 12.6 Å². The number of halogens is 3. The number of ether oxygens (including phenoxy) is 1. The first kappa shape index (κ1) is 13.8. The van der Waals surface area contributed by atoms with Crippen molar-refractivity contribution >= 4 is 0 Å². The van der Waals surface area contributed by atoms with Gasteiger partial charge in [-0.15, -0.1) is 0 Å². The molecule has 5 heteroatoms. The zero-order valence-corrected chi connectivity index (χ0v) is 9.63. The fraction of sp³-hybridized carbons (Fsp3) is 0.500. The third kappa shape index (κ3) is 5.08. The molecule has 0 spiro atoms. The molecule has 2 nitrogen and oxygen atoms in total. The van der Waals surface area contributed by atoms with E-state index in [-0.39, 0.29) is 12.6 Å². The van der Waals surface area contributed by atoms with Gasteiger partial charge in [0.25, 0.3) is 0 Å². The Hall–Kier alpha value is -1.23. The molecule has 0 saturated carbocycles. The van der Waals surface area contributed by atoms with Crippen LogP contribution in [0, 0.1) is 0 Å². The number of benzene rings is 1. The molecule has 0 aliphatic rings. The van der Waals surface area contributed by atoms with E-state index in [0.29, 0.717) is 5.75 Å². The molecule has 0 bridgehead atoms. The molecule has 1 rings (SSSR count). The second kappa shape index (κ2) is 5.91. The normalized spacial score (nSPS) is 13.5. The smallest absolute Gasteiger partial charge is 0.392 e. The Labute approximate surface area is 98.6 Å². The Kier molecular flexibility index (Phi) is 4.81. The minimum Gasteiger partial charge on any atom is -0.493 e. The Morgan fingerprint density at radius 3 is 2.29 bits per heavy atom. The number of rotatable bonds is 5. The van der Waals surface area contributed by atoms with Crippen molar-refractivity contribution in [3.8, 4) is 5.75 Å². The molecule has 2 N–H and O–H groups in total. The fourth-order valence-corrected chi connectivity index (χ4v) is 1.33. The van der Waals surface area contributed by atoms with Crippen LogP contribution in [-0.2, 0) is 0 Å². The Balaban J connectivity index is 2.46. The maximum absolute atomic E-state index is 11.9. The van der Waals surface area contributed by atoms with Crippen molar-refractivity contribution in [1.29, 1.82) is 0 Å². The molecule has 1 aromatic carbocycles. The molecule has 0 aliphatic heterocycles. The quantitative estimate of drug-likeness (QED) is 0.865. The first-order valence-electron chi connectivity index (χ1n) is 5.47. The molecule has 1 atom stereocenters. The zero-order chi connectivity index (χ0) is 12.9. The van der Waals surface area contributed by atoms with Gasteiger partial charge in [-0.2, -0.15) is 13.2 Å². The summed E-state index contributed by atoms with van der Waals surface area (Å²) >= 11 is 0. The summed E-state index contributed by atoms with van der Waals surface area (Å²) in [5, 5.41) is 0. The molecule has 0 unspecified atom stereocenters. The number of hydrogen-bond acceptors (Lipinski definition) is 2. The summed E-state index contributed by atoms with van der Waals surface area (Å²) in [7, 11) is 0. The predicted octanol–water partition coefficient (Wildman–Crippen LogP) is 3.43. The van der Waals surface area contributed by atoms with E-state index in [1.165, 1.54) is 0 Å². The highest BCUT2D eigenvalue weighted by Crippen LogP contribution is 2.21. The first-order chi connectivity index (χ1) is 7.92. The van der Waals surface area contributed by atoms with Crippen molar-refractivity contribution in [1.82, 2.24) is 0 Å². The van der Waals surface area contributed by atoms with Crippen LogP contribution in [0.25, 0.3) is 0 Å². The van der Waals surface area contributed by atoms with Crippen LogP contribution in [0.1, 0.15) is 31.4 Å².